The quantitative estimate of drug-likeness (QED) is 0.880. The Morgan fingerprint density at radius 2 is 1.95 bits per heavy atom. The van der Waals surface area contributed by atoms with Crippen molar-refractivity contribution in [3.8, 4) is 0 Å². The second-order valence-corrected chi connectivity index (χ2v) is 4.69. The van der Waals surface area contributed by atoms with Crippen molar-refractivity contribution in [2.24, 2.45) is 0 Å². The van der Waals surface area contributed by atoms with Crippen LogP contribution in [0.15, 0.2) is 48.7 Å². The van der Waals surface area contributed by atoms with Gasteiger partial charge in [0, 0.05) is 24.8 Å². The van der Waals surface area contributed by atoms with Gasteiger partial charge in [-0.25, -0.2) is 4.39 Å². The number of rotatable bonds is 6. The molecule has 1 aromatic carbocycles. The lowest BCUT2D eigenvalue weighted by molar-refractivity contribution is 0.108. The third-order valence-electron chi connectivity index (χ3n) is 3.25. The van der Waals surface area contributed by atoms with Gasteiger partial charge in [-0.15, -0.1) is 0 Å². The highest BCUT2D eigenvalue weighted by Gasteiger charge is 2.16. The van der Waals surface area contributed by atoms with Crippen molar-refractivity contribution >= 4 is 0 Å². The van der Waals surface area contributed by atoms with Crippen LogP contribution >= 0.6 is 0 Å². The summed E-state index contributed by atoms with van der Waals surface area (Å²) in [6, 6.07) is 12.1. The first-order valence-corrected chi connectivity index (χ1v) is 6.75. The van der Waals surface area contributed by atoms with Gasteiger partial charge >= 0.3 is 0 Å². The van der Waals surface area contributed by atoms with E-state index in [-0.39, 0.29) is 5.82 Å². The Morgan fingerprint density at radius 1 is 1.20 bits per heavy atom. The van der Waals surface area contributed by atoms with Crippen LogP contribution < -0.4 is 0 Å². The van der Waals surface area contributed by atoms with Gasteiger partial charge in [-0.05, 0) is 24.7 Å². The first kappa shape index (κ1) is 14.6. The van der Waals surface area contributed by atoms with Gasteiger partial charge < -0.3 is 5.11 Å². The fourth-order valence-corrected chi connectivity index (χ4v) is 2.11. The molecule has 2 aromatic rings. The highest BCUT2D eigenvalue weighted by atomic mass is 19.1. The van der Waals surface area contributed by atoms with Crippen molar-refractivity contribution in [1.82, 2.24) is 9.88 Å². The van der Waals surface area contributed by atoms with E-state index < -0.39 is 6.10 Å². The van der Waals surface area contributed by atoms with E-state index in [0.717, 1.165) is 12.2 Å². The van der Waals surface area contributed by atoms with Crippen LogP contribution in [0, 0.1) is 5.82 Å². The molecule has 0 saturated carbocycles. The number of hydrogen-bond acceptors (Lipinski definition) is 3. The van der Waals surface area contributed by atoms with Gasteiger partial charge in [0.2, 0.25) is 0 Å². The Morgan fingerprint density at radius 3 is 2.60 bits per heavy atom. The molecule has 0 aliphatic rings. The number of halogens is 1. The molecule has 0 radical (unpaired) electrons. The van der Waals surface area contributed by atoms with Crippen molar-refractivity contribution < 1.29 is 9.50 Å². The zero-order chi connectivity index (χ0) is 14.4. The number of hydrogen-bond donors (Lipinski definition) is 1. The first-order chi connectivity index (χ1) is 9.70. The first-order valence-electron chi connectivity index (χ1n) is 6.75. The minimum atomic E-state index is -0.833. The van der Waals surface area contributed by atoms with Crippen molar-refractivity contribution in [3.63, 3.8) is 0 Å². The van der Waals surface area contributed by atoms with Crippen LogP contribution in [0.3, 0.4) is 0 Å². The van der Waals surface area contributed by atoms with Crippen LogP contribution in [0.25, 0.3) is 0 Å². The summed E-state index contributed by atoms with van der Waals surface area (Å²) in [7, 11) is 0. The molecule has 0 saturated heterocycles. The molecular formula is C16H19FN2O. The molecular weight excluding hydrogens is 255 g/mol. The van der Waals surface area contributed by atoms with Crippen molar-refractivity contribution in [2.45, 2.75) is 19.6 Å². The number of aromatic nitrogens is 1. The molecule has 106 valence electrons. The van der Waals surface area contributed by atoms with E-state index in [2.05, 4.69) is 4.98 Å². The lowest BCUT2D eigenvalue weighted by Gasteiger charge is -2.23. The van der Waals surface area contributed by atoms with Gasteiger partial charge in [-0.3, -0.25) is 9.88 Å². The number of aliphatic hydroxyl groups is 1. The number of aliphatic hydroxyl groups excluding tert-OH is 1. The molecule has 3 nitrogen and oxygen atoms in total. The van der Waals surface area contributed by atoms with Gasteiger partial charge in [0.25, 0.3) is 0 Å². The predicted octanol–water partition coefficient (Wildman–Crippen LogP) is 2.78. The summed E-state index contributed by atoms with van der Waals surface area (Å²) in [4.78, 5) is 6.31. The monoisotopic (exact) mass is 274 g/mol. The van der Waals surface area contributed by atoms with Crippen LogP contribution in [0.2, 0.25) is 0 Å². The molecule has 2 rings (SSSR count). The Hall–Kier alpha value is -1.78. The minimum Gasteiger partial charge on any atom is -0.387 e. The van der Waals surface area contributed by atoms with Crippen LogP contribution in [0.4, 0.5) is 4.39 Å². The molecule has 4 heteroatoms. The molecule has 0 aliphatic carbocycles. The van der Waals surface area contributed by atoms with E-state index in [0.29, 0.717) is 18.7 Å². The average molecular weight is 274 g/mol. The number of pyridine rings is 1. The van der Waals surface area contributed by atoms with Crippen LogP contribution in [0.1, 0.15) is 24.3 Å². The van der Waals surface area contributed by atoms with Crippen LogP contribution in [-0.4, -0.2) is 28.1 Å². The molecule has 0 spiro atoms. The Labute approximate surface area is 118 Å². The zero-order valence-electron chi connectivity index (χ0n) is 11.5. The average Bonchev–Trinajstić information content (AvgIpc) is 2.48. The number of nitrogens with zero attached hydrogens (tertiary/aromatic N) is 2. The molecule has 1 unspecified atom stereocenters. The van der Waals surface area contributed by atoms with E-state index in [1.54, 1.807) is 24.4 Å². The Balaban J connectivity index is 2.01. The lowest BCUT2D eigenvalue weighted by atomic mass is 10.1. The van der Waals surface area contributed by atoms with Crippen LogP contribution in [0.5, 0.6) is 0 Å². The SMILES string of the molecule is CCN(Cc1ccccn1)CC(O)c1ccccc1F. The fourth-order valence-electron chi connectivity index (χ4n) is 2.11. The smallest absolute Gasteiger partial charge is 0.129 e. The fraction of sp³-hybridized carbons (Fsp3) is 0.312. The summed E-state index contributed by atoms with van der Waals surface area (Å²) < 4.78 is 13.6. The van der Waals surface area contributed by atoms with E-state index >= 15 is 0 Å². The summed E-state index contributed by atoms with van der Waals surface area (Å²) in [6.07, 6.45) is 0.913. The lowest BCUT2D eigenvalue weighted by Crippen LogP contribution is -2.28. The van der Waals surface area contributed by atoms with Crippen LogP contribution in [-0.2, 0) is 6.54 Å². The molecule has 0 aliphatic heterocycles. The van der Waals surface area contributed by atoms with E-state index in [4.69, 9.17) is 0 Å². The standard InChI is InChI=1S/C16H19FN2O/c1-2-19(11-13-7-5-6-10-18-13)12-16(20)14-8-3-4-9-15(14)17/h3-10,16,20H,2,11-12H2,1H3. The highest BCUT2D eigenvalue weighted by molar-refractivity contribution is 5.20. The Bertz CT molecular complexity index is 533. The maximum absolute atomic E-state index is 13.6. The normalized spacial score (nSPS) is 12.6. The summed E-state index contributed by atoms with van der Waals surface area (Å²) in [6.45, 7) is 3.80. The maximum atomic E-state index is 13.6. The minimum absolute atomic E-state index is 0.340. The molecule has 1 aromatic heterocycles. The summed E-state index contributed by atoms with van der Waals surface area (Å²) in [5.74, 6) is -0.367. The summed E-state index contributed by atoms with van der Waals surface area (Å²) in [5, 5.41) is 10.2. The maximum Gasteiger partial charge on any atom is 0.129 e. The van der Waals surface area contributed by atoms with Gasteiger partial charge in [-0.1, -0.05) is 31.2 Å². The highest BCUT2D eigenvalue weighted by Crippen LogP contribution is 2.18. The van der Waals surface area contributed by atoms with E-state index in [1.165, 1.54) is 6.07 Å². The third kappa shape index (κ3) is 3.85. The zero-order valence-corrected chi connectivity index (χ0v) is 11.5. The molecule has 1 N–H and O–H groups in total. The predicted molar refractivity (Wildman–Crippen MR) is 76.5 cm³/mol. The second-order valence-electron chi connectivity index (χ2n) is 4.69. The van der Waals surface area contributed by atoms with E-state index in [1.807, 2.05) is 30.0 Å². The number of likely N-dealkylation sites (N-methyl/N-ethyl adjacent to an activating group) is 1. The van der Waals surface area contributed by atoms with Gasteiger partial charge in [0.15, 0.2) is 0 Å². The van der Waals surface area contributed by atoms with Crippen molar-refractivity contribution in [2.75, 3.05) is 13.1 Å². The molecule has 0 amide bonds. The van der Waals surface area contributed by atoms with Crippen molar-refractivity contribution in [3.05, 3.63) is 65.7 Å². The van der Waals surface area contributed by atoms with E-state index in [9.17, 15) is 9.50 Å². The number of benzene rings is 1. The molecule has 1 atom stereocenters. The molecule has 0 bridgehead atoms. The van der Waals surface area contributed by atoms with Gasteiger partial charge in [0.1, 0.15) is 5.82 Å². The summed E-state index contributed by atoms with van der Waals surface area (Å²) in [5.41, 5.74) is 1.28. The van der Waals surface area contributed by atoms with Gasteiger partial charge in [0.05, 0.1) is 11.8 Å². The molecule has 0 fully saturated rings. The largest absolute Gasteiger partial charge is 0.387 e. The molecule has 1 heterocycles. The molecule has 20 heavy (non-hydrogen) atoms. The Kier molecular flexibility index (Phi) is 5.21. The van der Waals surface area contributed by atoms with Crippen molar-refractivity contribution in [1.29, 1.82) is 0 Å². The second kappa shape index (κ2) is 7.12. The van der Waals surface area contributed by atoms with Gasteiger partial charge in [-0.2, -0.15) is 0 Å². The topological polar surface area (TPSA) is 36.4 Å². The third-order valence-corrected chi connectivity index (χ3v) is 3.25. The summed E-state index contributed by atoms with van der Waals surface area (Å²) >= 11 is 0.